The highest BCUT2D eigenvalue weighted by molar-refractivity contribution is 7.89. The van der Waals surface area contributed by atoms with Gasteiger partial charge in [0.2, 0.25) is 0 Å². The number of hydrogen-bond acceptors (Lipinski definition) is 5. The van der Waals surface area contributed by atoms with Crippen LogP contribution in [0.25, 0.3) is 33.3 Å². The van der Waals surface area contributed by atoms with E-state index in [1.54, 1.807) is 42.7 Å². The summed E-state index contributed by atoms with van der Waals surface area (Å²) < 4.78 is 33.1. The highest BCUT2D eigenvalue weighted by Gasteiger charge is 2.19. The number of H-pyrrole nitrogens is 1. The molecule has 0 saturated heterocycles. The number of nitrogens with zero attached hydrogens (tertiary/aromatic N) is 3. The van der Waals surface area contributed by atoms with Crippen molar-refractivity contribution in [1.82, 2.24) is 19.2 Å². The summed E-state index contributed by atoms with van der Waals surface area (Å²) in [6.07, 6.45) is 6.66. The van der Waals surface area contributed by atoms with Crippen LogP contribution in [0.2, 0.25) is 0 Å². The number of para-hydroxylation sites is 2. The Hall–Kier alpha value is -4.69. The van der Waals surface area contributed by atoms with E-state index in [2.05, 4.69) is 15.1 Å². The van der Waals surface area contributed by atoms with E-state index in [1.165, 1.54) is 6.20 Å². The number of benzene rings is 3. The second-order valence-corrected chi connectivity index (χ2v) is 9.95. The van der Waals surface area contributed by atoms with Crippen LogP contribution >= 0.6 is 0 Å². The molecule has 6 aromatic rings. The summed E-state index contributed by atoms with van der Waals surface area (Å²) in [5.74, 6) is 1.46. The zero-order valence-corrected chi connectivity index (χ0v) is 19.8. The molecule has 0 aliphatic heterocycles. The van der Waals surface area contributed by atoms with Crippen molar-refractivity contribution in [2.45, 2.75) is 4.90 Å². The maximum absolute atomic E-state index is 13.0. The number of pyridine rings is 1. The number of aromatic amines is 1. The highest BCUT2D eigenvalue weighted by atomic mass is 32.2. The zero-order chi connectivity index (χ0) is 24.5. The minimum Gasteiger partial charge on any atom is -0.457 e. The van der Waals surface area contributed by atoms with Crippen molar-refractivity contribution in [3.05, 3.63) is 116 Å². The summed E-state index contributed by atoms with van der Waals surface area (Å²) >= 11 is 0. The van der Waals surface area contributed by atoms with Gasteiger partial charge in [0.1, 0.15) is 17.1 Å². The molecule has 0 fully saturated rings. The van der Waals surface area contributed by atoms with Gasteiger partial charge in [0, 0.05) is 40.0 Å². The Morgan fingerprint density at radius 1 is 0.778 bits per heavy atom. The van der Waals surface area contributed by atoms with E-state index in [4.69, 9.17) is 4.74 Å². The van der Waals surface area contributed by atoms with E-state index in [0.717, 1.165) is 31.9 Å². The van der Waals surface area contributed by atoms with Crippen LogP contribution in [0.1, 0.15) is 0 Å². The summed E-state index contributed by atoms with van der Waals surface area (Å²) in [6, 6.07) is 27.6. The first-order valence-electron chi connectivity index (χ1n) is 11.2. The molecule has 0 atom stereocenters. The van der Waals surface area contributed by atoms with Gasteiger partial charge < -0.3 is 9.72 Å². The molecular weight excluding hydrogens is 472 g/mol. The van der Waals surface area contributed by atoms with Gasteiger partial charge >= 0.3 is 0 Å². The molecule has 0 saturated carbocycles. The first kappa shape index (κ1) is 21.8. The summed E-state index contributed by atoms with van der Waals surface area (Å²) in [5, 5.41) is 4.99. The summed E-state index contributed by atoms with van der Waals surface area (Å²) in [4.78, 5) is 7.95. The quantitative estimate of drug-likeness (QED) is 0.302. The third kappa shape index (κ3) is 3.93. The average Bonchev–Trinajstić information content (AvgIpc) is 3.58. The molecule has 0 unspecified atom stereocenters. The summed E-state index contributed by atoms with van der Waals surface area (Å²) in [5.41, 5.74) is 3.92. The maximum atomic E-state index is 13.0. The smallest absolute Gasteiger partial charge is 0.282 e. The lowest BCUT2D eigenvalue weighted by Gasteiger charge is -2.11. The average molecular weight is 493 g/mol. The molecule has 6 rings (SSSR count). The predicted molar refractivity (Wildman–Crippen MR) is 138 cm³/mol. The third-order valence-corrected chi connectivity index (χ3v) is 7.42. The second-order valence-electron chi connectivity index (χ2n) is 8.15. The highest BCUT2D eigenvalue weighted by Crippen LogP contribution is 2.36. The Balaban J connectivity index is 1.39. The normalized spacial score (nSPS) is 11.6. The van der Waals surface area contributed by atoms with Crippen molar-refractivity contribution in [1.29, 1.82) is 0 Å². The first-order valence-corrected chi connectivity index (χ1v) is 12.7. The lowest BCUT2D eigenvalue weighted by molar-refractivity contribution is 0.484. The fraction of sp³-hybridized carbons (Fsp3) is 0. The molecule has 0 aliphatic rings. The second kappa shape index (κ2) is 8.83. The molecule has 7 nitrogen and oxygen atoms in total. The molecule has 0 aliphatic carbocycles. The largest absolute Gasteiger partial charge is 0.457 e. The molecule has 0 spiro atoms. The molecule has 0 amide bonds. The Labute approximate surface area is 207 Å². The Bertz CT molecular complexity index is 1780. The van der Waals surface area contributed by atoms with Gasteiger partial charge in [-0.05, 0) is 36.4 Å². The Morgan fingerprint density at radius 3 is 2.31 bits per heavy atom. The lowest BCUT2D eigenvalue weighted by atomic mass is 10.0. The zero-order valence-electron chi connectivity index (χ0n) is 18.9. The van der Waals surface area contributed by atoms with Crippen molar-refractivity contribution in [2.24, 2.45) is 0 Å². The van der Waals surface area contributed by atoms with Gasteiger partial charge in [0.15, 0.2) is 0 Å². The number of ether oxygens (including phenoxy) is 1. The van der Waals surface area contributed by atoms with Crippen LogP contribution in [-0.4, -0.2) is 27.6 Å². The van der Waals surface area contributed by atoms with Crippen LogP contribution in [0.4, 0.5) is 0 Å². The Morgan fingerprint density at radius 2 is 1.50 bits per heavy atom. The third-order valence-electron chi connectivity index (χ3n) is 5.86. The van der Waals surface area contributed by atoms with Crippen LogP contribution < -0.4 is 4.74 Å². The van der Waals surface area contributed by atoms with Crippen molar-refractivity contribution in [3.63, 3.8) is 0 Å². The van der Waals surface area contributed by atoms with Crippen LogP contribution in [0.3, 0.4) is 0 Å². The molecule has 3 aromatic carbocycles. The predicted octanol–water partition coefficient (Wildman–Crippen LogP) is 6.12. The van der Waals surface area contributed by atoms with Crippen molar-refractivity contribution in [2.75, 3.05) is 0 Å². The SMILES string of the molecule is O=S(=O)(c1ccccc1)n1cc(-c2c[nH]c3ncc(-c4ccccc4Oc4ccccc4)cc23)cn1. The number of hydrogen-bond donors (Lipinski definition) is 1. The van der Waals surface area contributed by atoms with Gasteiger partial charge in [-0.1, -0.05) is 54.6 Å². The minimum absolute atomic E-state index is 0.178. The lowest BCUT2D eigenvalue weighted by Crippen LogP contribution is -2.13. The fourth-order valence-corrected chi connectivity index (χ4v) is 5.22. The van der Waals surface area contributed by atoms with Gasteiger partial charge in [-0.25, -0.2) is 4.98 Å². The number of aromatic nitrogens is 4. The Kier molecular flexibility index (Phi) is 5.35. The molecule has 0 bridgehead atoms. The summed E-state index contributed by atoms with van der Waals surface area (Å²) in [7, 11) is -3.79. The summed E-state index contributed by atoms with van der Waals surface area (Å²) in [6.45, 7) is 0. The number of rotatable bonds is 6. The molecule has 8 heteroatoms. The molecule has 3 aromatic heterocycles. The first-order chi connectivity index (χ1) is 17.6. The minimum atomic E-state index is -3.79. The molecule has 36 heavy (non-hydrogen) atoms. The van der Waals surface area contributed by atoms with Crippen LogP contribution in [0.15, 0.2) is 121 Å². The number of nitrogens with one attached hydrogen (secondary N) is 1. The number of fused-ring (bicyclic) bond motifs is 1. The van der Waals surface area contributed by atoms with Crippen molar-refractivity contribution in [3.8, 4) is 33.8 Å². The van der Waals surface area contributed by atoms with E-state index < -0.39 is 10.0 Å². The van der Waals surface area contributed by atoms with E-state index >= 15 is 0 Å². The van der Waals surface area contributed by atoms with E-state index in [1.807, 2.05) is 66.9 Å². The molecule has 176 valence electrons. The molecule has 0 radical (unpaired) electrons. The maximum Gasteiger partial charge on any atom is 0.282 e. The van der Waals surface area contributed by atoms with Crippen LogP contribution in [-0.2, 0) is 10.0 Å². The molecule has 1 N–H and O–H groups in total. The van der Waals surface area contributed by atoms with E-state index in [0.29, 0.717) is 17.0 Å². The monoisotopic (exact) mass is 492 g/mol. The molecule has 3 heterocycles. The van der Waals surface area contributed by atoms with Gasteiger partial charge in [-0.3, -0.25) is 0 Å². The standard InChI is InChI=1S/C28H20N4O3S/c33-36(34,23-11-5-2-6-12-23)32-19-21(17-31-32)26-18-30-28-25(26)15-20(16-29-28)24-13-7-8-14-27(24)35-22-9-3-1-4-10-22/h1-19H,(H,29,30). The van der Waals surface area contributed by atoms with Crippen LogP contribution in [0.5, 0.6) is 11.5 Å². The van der Waals surface area contributed by atoms with Crippen LogP contribution in [0, 0.1) is 0 Å². The van der Waals surface area contributed by atoms with E-state index in [9.17, 15) is 8.42 Å². The van der Waals surface area contributed by atoms with Gasteiger partial charge in [-0.15, -0.1) is 0 Å². The van der Waals surface area contributed by atoms with Gasteiger partial charge in [0.25, 0.3) is 10.0 Å². The topological polar surface area (TPSA) is 89.9 Å². The van der Waals surface area contributed by atoms with E-state index in [-0.39, 0.29) is 4.90 Å². The van der Waals surface area contributed by atoms with Gasteiger partial charge in [-0.2, -0.15) is 17.6 Å². The van der Waals surface area contributed by atoms with Gasteiger partial charge in [0.05, 0.1) is 17.3 Å². The molecular formula is C28H20N4O3S. The van der Waals surface area contributed by atoms with Crippen molar-refractivity contribution < 1.29 is 13.2 Å². The fourth-order valence-electron chi connectivity index (χ4n) is 4.07. The van der Waals surface area contributed by atoms with Crippen molar-refractivity contribution >= 4 is 21.1 Å².